The molecular formula is C16H22N2S. The van der Waals surface area contributed by atoms with E-state index >= 15 is 0 Å². The summed E-state index contributed by atoms with van der Waals surface area (Å²) >= 11 is 1.76. The van der Waals surface area contributed by atoms with Crippen LogP contribution in [0, 0.1) is 11.3 Å². The molecule has 1 fully saturated rings. The molecule has 102 valence electrons. The van der Waals surface area contributed by atoms with Gasteiger partial charge in [-0.1, -0.05) is 26.0 Å². The molecule has 0 spiro atoms. The smallest absolute Gasteiger partial charge is 0.113 e. The minimum Gasteiger partial charge on any atom is -0.296 e. The fourth-order valence-corrected chi connectivity index (χ4v) is 2.89. The number of nitrogens with one attached hydrogen (secondary N) is 1. The van der Waals surface area contributed by atoms with Gasteiger partial charge in [-0.05, 0) is 43.4 Å². The first-order chi connectivity index (χ1) is 9.02. The van der Waals surface area contributed by atoms with Crippen molar-refractivity contribution in [1.82, 2.24) is 5.32 Å². The molecule has 2 rings (SSSR count). The highest BCUT2D eigenvalue weighted by molar-refractivity contribution is 7.99. The Balaban J connectivity index is 1.91. The van der Waals surface area contributed by atoms with Crippen LogP contribution in [0.4, 0.5) is 0 Å². The van der Waals surface area contributed by atoms with Crippen LogP contribution in [0.15, 0.2) is 29.2 Å². The molecule has 1 aromatic rings. The Morgan fingerprint density at radius 2 is 2.00 bits per heavy atom. The van der Waals surface area contributed by atoms with E-state index < -0.39 is 5.54 Å². The van der Waals surface area contributed by atoms with E-state index in [1.54, 1.807) is 11.8 Å². The van der Waals surface area contributed by atoms with E-state index in [0.717, 1.165) is 5.75 Å². The third kappa shape index (κ3) is 4.26. The van der Waals surface area contributed by atoms with Crippen LogP contribution in [0.1, 0.15) is 45.1 Å². The fraction of sp³-hybridized carbons (Fsp3) is 0.562. The molecular weight excluding hydrogens is 252 g/mol. The van der Waals surface area contributed by atoms with Crippen molar-refractivity contribution in [3.63, 3.8) is 0 Å². The van der Waals surface area contributed by atoms with Crippen molar-refractivity contribution in [3.05, 3.63) is 29.8 Å². The maximum absolute atomic E-state index is 9.33. The predicted molar refractivity (Wildman–Crippen MR) is 81.4 cm³/mol. The summed E-state index contributed by atoms with van der Waals surface area (Å²) in [5.41, 5.74) is 0.950. The van der Waals surface area contributed by atoms with E-state index in [0.29, 0.717) is 12.0 Å². The van der Waals surface area contributed by atoms with Crippen LogP contribution in [0.5, 0.6) is 0 Å². The van der Waals surface area contributed by atoms with E-state index in [2.05, 4.69) is 49.5 Å². The quantitative estimate of drug-likeness (QED) is 0.798. The van der Waals surface area contributed by atoms with Crippen LogP contribution in [0.2, 0.25) is 0 Å². The molecule has 1 atom stereocenters. The van der Waals surface area contributed by atoms with Gasteiger partial charge in [0.1, 0.15) is 5.54 Å². The maximum atomic E-state index is 9.33. The summed E-state index contributed by atoms with van der Waals surface area (Å²) in [7, 11) is 0. The first kappa shape index (κ1) is 14.4. The summed E-state index contributed by atoms with van der Waals surface area (Å²) < 4.78 is 0. The fourth-order valence-electron chi connectivity index (χ4n) is 1.96. The molecule has 1 aliphatic rings. The number of thioether (sulfide) groups is 1. The second kappa shape index (κ2) is 5.98. The average Bonchev–Trinajstić information content (AvgIpc) is 3.21. The third-order valence-corrected chi connectivity index (χ3v) is 4.75. The predicted octanol–water partition coefficient (Wildman–Crippen LogP) is 3.94. The molecule has 2 nitrogen and oxygen atoms in total. The van der Waals surface area contributed by atoms with Crippen molar-refractivity contribution in [2.45, 2.75) is 56.0 Å². The van der Waals surface area contributed by atoms with E-state index in [-0.39, 0.29) is 0 Å². The van der Waals surface area contributed by atoms with Gasteiger partial charge in [-0.15, -0.1) is 11.8 Å². The zero-order valence-corrected chi connectivity index (χ0v) is 12.8. The van der Waals surface area contributed by atoms with Gasteiger partial charge in [0.2, 0.25) is 0 Å². The lowest BCUT2D eigenvalue weighted by atomic mass is 10.0. The molecule has 0 saturated heterocycles. The van der Waals surface area contributed by atoms with Gasteiger partial charge in [0.15, 0.2) is 0 Å². The lowest BCUT2D eigenvalue weighted by molar-refractivity contribution is 0.490. The van der Waals surface area contributed by atoms with Gasteiger partial charge in [-0.3, -0.25) is 5.32 Å². The van der Waals surface area contributed by atoms with E-state index in [1.165, 1.54) is 23.3 Å². The van der Waals surface area contributed by atoms with Crippen molar-refractivity contribution in [2.75, 3.05) is 5.75 Å². The molecule has 1 aliphatic carbocycles. The topological polar surface area (TPSA) is 35.8 Å². The third-order valence-electron chi connectivity index (χ3n) is 3.42. The van der Waals surface area contributed by atoms with Crippen LogP contribution in [0.25, 0.3) is 0 Å². The van der Waals surface area contributed by atoms with Gasteiger partial charge < -0.3 is 0 Å². The SMILES string of the molecule is CC(C)c1ccc(SCC(C)(C#N)NC2CC2)cc1. The van der Waals surface area contributed by atoms with E-state index in [9.17, 15) is 5.26 Å². The monoisotopic (exact) mass is 274 g/mol. The zero-order valence-electron chi connectivity index (χ0n) is 11.9. The number of benzene rings is 1. The summed E-state index contributed by atoms with van der Waals surface area (Å²) in [6, 6.07) is 11.7. The van der Waals surface area contributed by atoms with Crippen LogP contribution >= 0.6 is 11.8 Å². The Morgan fingerprint density at radius 1 is 1.37 bits per heavy atom. The van der Waals surface area contributed by atoms with Gasteiger partial charge in [0, 0.05) is 16.7 Å². The summed E-state index contributed by atoms with van der Waals surface area (Å²) in [5.74, 6) is 1.36. The zero-order chi connectivity index (χ0) is 13.9. The Hall–Kier alpha value is -0.980. The highest BCUT2D eigenvalue weighted by Gasteiger charge is 2.32. The standard InChI is InChI=1S/C16H22N2S/c1-12(2)13-4-8-15(9-5-13)19-11-16(3,10-17)18-14-6-7-14/h4-5,8-9,12,14,18H,6-7,11H2,1-3H3. The minimum absolute atomic E-state index is 0.414. The summed E-state index contributed by atoms with van der Waals surface area (Å²) in [5, 5.41) is 12.8. The number of rotatable bonds is 6. The average molecular weight is 274 g/mol. The molecule has 0 aliphatic heterocycles. The molecule has 0 aromatic heterocycles. The number of nitrogens with zero attached hydrogens (tertiary/aromatic N) is 1. The Labute approximate surface area is 120 Å². The van der Waals surface area contributed by atoms with Crippen molar-refractivity contribution in [1.29, 1.82) is 5.26 Å². The summed E-state index contributed by atoms with van der Waals surface area (Å²) in [6.07, 6.45) is 2.43. The summed E-state index contributed by atoms with van der Waals surface area (Å²) in [6.45, 7) is 6.41. The molecule has 0 amide bonds. The first-order valence-corrected chi connectivity index (χ1v) is 7.93. The van der Waals surface area contributed by atoms with Crippen LogP contribution < -0.4 is 5.32 Å². The molecule has 1 aromatic carbocycles. The molecule has 1 N–H and O–H groups in total. The second-order valence-corrected chi connectivity index (χ2v) is 6.92. The molecule has 0 heterocycles. The van der Waals surface area contributed by atoms with E-state index in [4.69, 9.17) is 0 Å². The highest BCUT2D eigenvalue weighted by atomic mass is 32.2. The Kier molecular flexibility index (Phi) is 4.54. The van der Waals surface area contributed by atoms with Crippen molar-refractivity contribution in [3.8, 4) is 6.07 Å². The van der Waals surface area contributed by atoms with Gasteiger partial charge in [-0.25, -0.2) is 0 Å². The molecule has 1 unspecified atom stereocenters. The molecule has 19 heavy (non-hydrogen) atoms. The largest absolute Gasteiger partial charge is 0.296 e. The normalized spacial score (nSPS) is 18.1. The highest BCUT2D eigenvalue weighted by Crippen LogP contribution is 2.28. The molecule has 0 bridgehead atoms. The maximum Gasteiger partial charge on any atom is 0.113 e. The molecule has 3 heteroatoms. The minimum atomic E-state index is -0.414. The van der Waals surface area contributed by atoms with Crippen molar-refractivity contribution >= 4 is 11.8 Å². The molecule has 0 radical (unpaired) electrons. The lowest BCUT2D eigenvalue weighted by Crippen LogP contribution is -2.44. The molecule has 1 saturated carbocycles. The van der Waals surface area contributed by atoms with Gasteiger partial charge in [0.25, 0.3) is 0 Å². The van der Waals surface area contributed by atoms with Crippen LogP contribution in [-0.4, -0.2) is 17.3 Å². The van der Waals surface area contributed by atoms with Crippen molar-refractivity contribution in [2.24, 2.45) is 0 Å². The lowest BCUT2D eigenvalue weighted by Gasteiger charge is -2.22. The number of hydrogen-bond acceptors (Lipinski definition) is 3. The number of nitriles is 1. The first-order valence-electron chi connectivity index (χ1n) is 6.94. The Bertz CT molecular complexity index is 457. The van der Waals surface area contributed by atoms with Crippen LogP contribution in [0.3, 0.4) is 0 Å². The van der Waals surface area contributed by atoms with Gasteiger partial charge in [0.05, 0.1) is 6.07 Å². The van der Waals surface area contributed by atoms with E-state index in [1.807, 2.05) is 6.92 Å². The van der Waals surface area contributed by atoms with Gasteiger partial charge >= 0.3 is 0 Å². The second-order valence-electron chi connectivity index (χ2n) is 5.87. The Morgan fingerprint density at radius 3 is 2.47 bits per heavy atom. The van der Waals surface area contributed by atoms with Gasteiger partial charge in [-0.2, -0.15) is 5.26 Å². The van der Waals surface area contributed by atoms with Crippen molar-refractivity contribution < 1.29 is 0 Å². The summed E-state index contributed by atoms with van der Waals surface area (Å²) in [4.78, 5) is 1.24. The number of hydrogen-bond donors (Lipinski definition) is 1. The van der Waals surface area contributed by atoms with Crippen LogP contribution in [-0.2, 0) is 0 Å².